The van der Waals surface area contributed by atoms with Crippen LogP contribution in [-0.2, 0) is 4.74 Å². The predicted molar refractivity (Wildman–Crippen MR) is 82.9 cm³/mol. The molecule has 0 spiro atoms. The molecule has 1 aromatic rings. The molecule has 0 aliphatic heterocycles. The highest BCUT2D eigenvalue weighted by atomic mass is 16.5. The summed E-state index contributed by atoms with van der Waals surface area (Å²) in [4.78, 5) is 2.25. The summed E-state index contributed by atoms with van der Waals surface area (Å²) in [7, 11) is 3.85. The molecule has 0 fully saturated rings. The van der Waals surface area contributed by atoms with Gasteiger partial charge < -0.3 is 15.0 Å². The molecule has 3 nitrogen and oxygen atoms in total. The number of methoxy groups -OCH3 is 1. The molecule has 0 aliphatic carbocycles. The highest BCUT2D eigenvalue weighted by Gasteiger charge is 2.10. The zero-order valence-corrected chi connectivity index (χ0v) is 12.9. The van der Waals surface area contributed by atoms with Crippen molar-refractivity contribution >= 4 is 5.69 Å². The Morgan fingerprint density at radius 3 is 2.37 bits per heavy atom. The van der Waals surface area contributed by atoms with E-state index in [-0.39, 0.29) is 0 Å². The Hall–Kier alpha value is -1.06. The first-order valence-corrected chi connectivity index (χ1v) is 7.15. The predicted octanol–water partition coefficient (Wildman–Crippen LogP) is 3.22. The molecule has 1 rings (SSSR count). The van der Waals surface area contributed by atoms with E-state index < -0.39 is 0 Å². The van der Waals surface area contributed by atoms with E-state index in [9.17, 15) is 0 Å². The molecule has 2 unspecified atom stereocenters. The van der Waals surface area contributed by atoms with Gasteiger partial charge in [-0.05, 0) is 44.5 Å². The molecular formula is C16H28N2O. The van der Waals surface area contributed by atoms with Gasteiger partial charge in [0.1, 0.15) is 0 Å². The molecule has 1 N–H and O–H groups in total. The molecule has 1 aromatic carbocycles. The molecule has 0 radical (unpaired) electrons. The fourth-order valence-electron chi connectivity index (χ4n) is 2.08. The van der Waals surface area contributed by atoms with Crippen LogP contribution in [0.25, 0.3) is 0 Å². The Bertz CT molecular complexity index is 350. The summed E-state index contributed by atoms with van der Waals surface area (Å²) >= 11 is 0. The van der Waals surface area contributed by atoms with Gasteiger partial charge in [-0.2, -0.15) is 0 Å². The summed E-state index contributed by atoms with van der Waals surface area (Å²) in [5.41, 5.74) is 2.57. The second kappa shape index (κ2) is 8.18. The molecule has 3 heteroatoms. The molecular weight excluding hydrogens is 236 g/mol. The van der Waals surface area contributed by atoms with E-state index in [1.165, 1.54) is 17.7 Å². The normalized spacial score (nSPS) is 14.2. The van der Waals surface area contributed by atoms with Crippen LogP contribution in [0.4, 0.5) is 5.69 Å². The number of likely N-dealkylation sites (N-methyl/N-ethyl adjacent to an activating group) is 1. The molecule has 0 amide bonds. The minimum absolute atomic E-state index is 0.381. The van der Waals surface area contributed by atoms with Gasteiger partial charge in [-0.25, -0.2) is 0 Å². The standard InChI is InChI=1S/C16H28N2O/c1-6-11-17-14(3)15-7-9-16(10-8-15)18(4)13(2)12-19-5/h7-10,13-14,17H,6,11-12H2,1-5H3. The minimum Gasteiger partial charge on any atom is -0.383 e. The quantitative estimate of drug-likeness (QED) is 0.780. The topological polar surface area (TPSA) is 24.5 Å². The second-order valence-electron chi connectivity index (χ2n) is 5.18. The van der Waals surface area contributed by atoms with Gasteiger partial charge >= 0.3 is 0 Å². The third-order valence-corrected chi connectivity index (χ3v) is 3.57. The summed E-state index contributed by atoms with van der Waals surface area (Å²) < 4.78 is 5.20. The molecule has 0 heterocycles. The monoisotopic (exact) mass is 264 g/mol. The van der Waals surface area contributed by atoms with Crippen molar-refractivity contribution < 1.29 is 4.74 Å². The lowest BCUT2D eigenvalue weighted by Gasteiger charge is -2.27. The van der Waals surface area contributed by atoms with Crippen LogP contribution in [0.1, 0.15) is 38.8 Å². The second-order valence-corrected chi connectivity index (χ2v) is 5.18. The van der Waals surface area contributed by atoms with Crippen molar-refractivity contribution in [3.8, 4) is 0 Å². The first-order valence-electron chi connectivity index (χ1n) is 7.15. The molecule has 19 heavy (non-hydrogen) atoms. The van der Waals surface area contributed by atoms with Crippen molar-refractivity contribution in [2.75, 3.05) is 32.2 Å². The van der Waals surface area contributed by atoms with Gasteiger partial charge in [0.2, 0.25) is 0 Å². The van der Waals surface area contributed by atoms with E-state index in [0.29, 0.717) is 12.1 Å². The Labute approximate surface area is 118 Å². The van der Waals surface area contributed by atoms with Crippen molar-refractivity contribution in [1.82, 2.24) is 5.32 Å². The van der Waals surface area contributed by atoms with Crippen molar-refractivity contribution in [1.29, 1.82) is 0 Å². The maximum absolute atomic E-state index is 5.20. The Balaban J connectivity index is 2.65. The van der Waals surface area contributed by atoms with E-state index >= 15 is 0 Å². The molecule has 0 aromatic heterocycles. The summed E-state index contributed by atoms with van der Waals surface area (Å²) in [6, 6.07) is 9.58. The van der Waals surface area contributed by atoms with Gasteiger partial charge in [-0.15, -0.1) is 0 Å². The van der Waals surface area contributed by atoms with Crippen LogP contribution in [-0.4, -0.2) is 33.4 Å². The molecule has 2 atom stereocenters. The zero-order chi connectivity index (χ0) is 14.3. The maximum atomic E-state index is 5.20. The van der Waals surface area contributed by atoms with Gasteiger partial charge in [0, 0.05) is 31.9 Å². The first kappa shape index (κ1) is 16.0. The fourth-order valence-corrected chi connectivity index (χ4v) is 2.08. The van der Waals surface area contributed by atoms with E-state index in [1.807, 2.05) is 0 Å². The largest absolute Gasteiger partial charge is 0.383 e. The molecule has 0 bridgehead atoms. The summed E-state index contributed by atoms with van der Waals surface area (Å²) in [6.07, 6.45) is 1.17. The van der Waals surface area contributed by atoms with E-state index in [4.69, 9.17) is 4.74 Å². The van der Waals surface area contributed by atoms with E-state index in [1.54, 1.807) is 7.11 Å². The van der Waals surface area contributed by atoms with Crippen LogP contribution in [0.15, 0.2) is 24.3 Å². The van der Waals surface area contributed by atoms with Crippen LogP contribution >= 0.6 is 0 Å². The van der Waals surface area contributed by atoms with Gasteiger partial charge in [0.15, 0.2) is 0 Å². The third kappa shape index (κ3) is 4.84. The Morgan fingerprint density at radius 2 is 1.84 bits per heavy atom. The highest BCUT2D eigenvalue weighted by molar-refractivity contribution is 5.48. The Kier molecular flexibility index (Phi) is 6.89. The average Bonchev–Trinajstić information content (AvgIpc) is 2.44. The third-order valence-electron chi connectivity index (χ3n) is 3.57. The van der Waals surface area contributed by atoms with Crippen molar-refractivity contribution in [2.24, 2.45) is 0 Å². The van der Waals surface area contributed by atoms with Gasteiger partial charge in [-0.1, -0.05) is 19.1 Å². The molecule has 0 saturated carbocycles. The summed E-state index contributed by atoms with van der Waals surface area (Å²) in [5.74, 6) is 0. The minimum atomic E-state index is 0.381. The van der Waals surface area contributed by atoms with Crippen LogP contribution in [0, 0.1) is 0 Å². The smallest absolute Gasteiger partial charge is 0.0663 e. The highest BCUT2D eigenvalue weighted by Crippen LogP contribution is 2.19. The summed E-state index contributed by atoms with van der Waals surface area (Å²) in [6.45, 7) is 8.38. The van der Waals surface area contributed by atoms with Gasteiger partial charge in [0.05, 0.1) is 6.61 Å². The number of hydrogen-bond donors (Lipinski definition) is 1. The van der Waals surface area contributed by atoms with Gasteiger partial charge in [-0.3, -0.25) is 0 Å². The van der Waals surface area contributed by atoms with Crippen molar-refractivity contribution in [3.63, 3.8) is 0 Å². The number of nitrogens with one attached hydrogen (secondary N) is 1. The van der Waals surface area contributed by atoms with E-state index in [2.05, 4.69) is 62.3 Å². The SMILES string of the molecule is CCCNC(C)c1ccc(N(C)C(C)COC)cc1. The van der Waals surface area contributed by atoms with Crippen LogP contribution < -0.4 is 10.2 Å². The van der Waals surface area contributed by atoms with E-state index in [0.717, 1.165) is 13.2 Å². The maximum Gasteiger partial charge on any atom is 0.0663 e. The van der Waals surface area contributed by atoms with Gasteiger partial charge in [0.25, 0.3) is 0 Å². The number of rotatable bonds is 8. The van der Waals surface area contributed by atoms with Crippen molar-refractivity contribution in [3.05, 3.63) is 29.8 Å². The first-order chi connectivity index (χ1) is 9.10. The number of anilines is 1. The van der Waals surface area contributed by atoms with Crippen LogP contribution in [0.3, 0.4) is 0 Å². The Morgan fingerprint density at radius 1 is 1.21 bits per heavy atom. The molecule has 0 aliphatic rings. The molecule has 0 saturated heterocycles. The number of benzene rings is 1. The lowest BCUT2D eigenvalue weighted by molar-refractivity contribution is 0.183. The van der Waals surface area contributed by atoms with Crippen LogP contribution in [0.2, 0.25) is 0 Å². The number of ether oxygens (including phenoxy) is 1. The number of nitrogens with zero attached hydrogens (tertiary/aromatic N) is 1. The van der Waals surface area contributed by atoms with Crippen molar-refractivity contribution in [2.45, 2.75) is 39.3 Å². The zero-order valence-electron chi connectivity index (χ0n) is 12.9. The fraction of sp³-hybridized carbons (Fsp3) is 0.625. The summed E-state index contributed by atoms with van der Waals surface area (Å²) in [5, 5.41) is 3.51. The lowest BCUT2D eigenvalue weighted by atomic mass is 10.1. The van der Waals surface area contributed by atoms with Crippen LogP contribution in [0.5, 0.6) is 0 Å². The lowest BCUT2D eigenvalue weighted by Crippen LogP contribution is -2.32. The average molecular weight is 264 g/mol. The molecule has 108 valence electrons. The number of hydrogen-bond acceptors (Lipinski definition) is 3.